The molecule has 1 heterocycles. The second kappa shape index (κ2) is 9.17. The van der Waals surface area contributed by atoms with Crippen molar-refractivity contribution in [3.8, 4) is 11.4 Å². The Balaban J connectivity index is 2.40. The summed E-state index contributed by atoms with van der Waals surface area (Å²) in [5, 5.41) is 14.0. The van der Waals surface area contributed by atoms with E-state index in [1.165, 1.54) is 22.3 Å². The van der Waals surface area contributed by atoms with Crippen molar-refractivity contribution < 1.29 is 5.21 Å². The molecule has 31 heavy (non-hydrogen) atoms. The number of imidazole rings is 1. The standard InChI is InChI=1S/C27H37N3O/c1-17(2)21-11-9-12-22(18(3)4)25(21)29-15-16-30(27(29)28-31)26-23(19(5)6)13-10-14-24(26)20(7)8/h9-20,31H,1-8H3. The summed E-state index contributed by atoms with van der Waals surface area (Å²) in [7, 11) is 0. The zero-order chi connectivity index (χ0) is 22.9. The van der Waals surface area contributed by atoms with E-state index >= 15 is 0 Å². The van der Waals surface area contributed by atoms with Crippen LogP contribution in [0.2, 0.25) is 0 Å². The first-order valence-corrected chi connectivity index (χ1v) is 11.4. The smallest absolute Gasteiger partial charge is 0.255 e. The van der Waals surface area contributed by atoms with Crippen molar-refractivity contribution in [3.63, 3.8) is 0 Å². The van der Waals surface area contributed by atoms with Gasteiger partial charge < -0.3 is 5.21 Å². The van der Waals surface area contributed by atoms with Gasteiger partial charge in [-0.2, -0.15) is 0 Å². The summed E-state index contributed by atoms with van der Waals surface area (Å²) in [4.78, 5) is 0. The van der Waals surface area contributed by atoms with Crippen molar-refractivity contribution in [2.75, 3.05) is 0 Å². The third kappa shape index (κ3) is 4.21. The van der Waals surface area contributed by atoms with Crippen molar-refractivity contribution in [1.29, 1.82) is 0 Å². The van der Waals surface area contributed by atoms with Gasteiger partial charge in [0.05, 0.1) is 11.4 Å². The minimum atomic E-state index is 0.352. The van der Waals surface area contributed by atoms with Crippen molar-refractivity contribution in [3.05, 3.63) is 76.7 Å². The van der Waals surface area contributed by atoms with Crippen LogP contribution >= 0.6 is 0 Å². The van der Waals surface area contributed by atoms with Gasteiger partial charge in [0, 0.05) is 12.4 Å². The normalized spacial score (nSPS) is 11.9. The molecular weight excluding hydrogens is 382 g/mol. The number of hydrogen-bond donors (Lipinski definition) is 1. The zero-order valence-corrected chi connectivity index (χ0v) is 20.2. The van der Waals surface area contributed by atoms with Gasteiger partial charge in [-0.15, -0.1) is 0 Å². The average Bonchev–Trinajstić information content (AvgIpc) is 3.15. The van der Waals surface area contributed by atoms with E-state index in [2.05, 4.69) is 96.9 Å². The maximum absolute atomic E-state index is 10.2. The summed E-state index contributed by atoms with van der Waals surface area (Å²) in [6.45, 7) is 17.7. The summed E-state index contributed by atoms with van der Waals surface area (Å²) >= 11 is 0. The van der Waals surface area contributed by atoms with Gasteiger partial charge in [-0.3, -0.25) is 9.13 Å². The molecule has 3 rings (SSSR count). The van der Waals surface area contributed by atoms with Crippen LogP contribution in [-0.2, 0) is 0 Å². The summed E-state index contributed by atoms with van der Waals surface area (Å²) < 4.78 is 4.10. The van der Waals surface area contributed by atoms with E-state index in [4.69, 9.17) is 0 Å². The molecule has 0 radical (unpaired) electrons. The zero-order valence-electron chi connectivity index (χ0n) is 20.2. The number of hydrogen-bond acceptors (Lipinski definition) is 2. The highest BCUT2D eigenvalue weighted by Crippen LogP contribution is 2.32. The molecule has 0 saturated carbocycles. The summed E-state index contributed by atoms with van der Waals surface area (Å²) in [6, 6.07) is 13.0. The van der Waals surface area contributed by atoms with E-state index in [-0.39, 0.29) is 0 Å². The Morgan fingerprint density at radius 3 is 1.10 bits per heavy atom. The van der Waals surface area contributed by atoms with Crippen LogP contribution in [0.5, 0.6) is 0 Å². The highest BCUT2D eigenvalue weighted by Gasteiger charge is 2.21. The van der Waals surface area contributed by atoms with E-state index in [9.17, 15) is 5.21 Å². The summed E-state index contributed by atoms with van der Waals surface area (Å²) in [5.41, 5.74) is 7.75. The van der Waals surface area contributed by atoms with Crippen LogP contribution < -0.4 is 5.62 Å². The van der Waals surface area contributed by atoms with Gasteiger partial charge in [0.2, 0.25) is 0 Å². The molecule has 4 nitrogen and oxygen atoms in total. The first-order valence-electron chi connectivity index (χ1n) is 11.4. The van der Waals surface area contributed by atoms with Gasteiger partial charge in [-0.25, -0.2) is 0 Å². The Hall–Kier alpha value is -2.75. The molecule has 0 saturated heterocycles. The first kappa shape index (κ1) is 22.9. The number of nitrogens with zero attached hydrogens (tertiary/aromatic N) is 3. The quantitative estimate of drug-likeness (QED) is 0.337. The van der Waals surface area contributed by atoms with Gasteiger partial charge in [0.15, 0.2) is 0 Å². The lowest BCUT2D eigenvalue weighted by Crippen LogP contribution is -2.27. The topological polar surface area (TPSA) is 42.5 Å². The Morgan fingerprint density at radius 1 is 0.581 bits per heavy atom. The number of rotatable bonds is 6. The molecule has 2 aromatic carbocycles. The van der Waals surface area contributed by atoms with E-state index < -0.39 is 0 Å². The molecule has 3 aromatic rings. The fourth-order valence-corrected chi connectivity index (χ4v) is 4.41. The van der Waals surface area contributed by atoms with Crippen LogP contribution in [0.15, 0.2) is 53.9 Å². The predicted molar refractivity (Wildman–Crippen MR) is 129 cm³/mol. The number of aromatic nitrogens is 2. The fraction of sp³-hybridized carbons (Fsp3) is 0.444. The molecule has 0 bridgehead atoms. The van der Waals surface area contributed by atoms with Gasteiger partial charge >= 0.3 is 0 Å². The lowest BCUT2D eigenvalue weighted by Gasteiger charge is -2.22. The largest absolute Gasteiger partial charge is 0.408 e. The average molecular weight is 420 g/mol. The molecule has 1 aromatic heterocycles. The van der Waals surface area contributed by atoms with Crippen molar-refractivity contribution in [2.45, 2.75) is 79.1 Å². The maximum Gasteiger partial charge on any atom is 0.255 e. The number of benzene rings is 2. The van der Waals surface area contributed by atoms with Crippen molar-refractivity contribution in [2.24, 2.45) is 5.16 Å². The minimum absolute atomic E-state index is 0.352. The van der Waals surface area contributed by atoms with Crippen LogP contribution in [0, 0.1) is 0 Å². The highest BCUT2D eigenvalue weighted by atomic mass is 16.4. The third-order valence-electron chi connectivity index (χ3n) is 6.05. The monoisotopic (exact) mass is 419 g/mol. The molecule has 4 heteroatoms. The molecule has 0 aliphatic heterocycles. The highest BCUT2D eigenvalue weighted by molar-refractivity contribution is 5.54. The molecule has 0 aliphatic rings. The van der Waals surface area contributed by atoms with Gasteiger partial charge in [-0.1, -0.05) is 91.8 Å². The molecule has 0 unspecified atom stereocenters. The SMILES string of the molecule is CC(C)c1cccc(C(C)C)c1-n1ccn(-c2c(C(C)C)cccc2C(C)C)c1=NO. The van der Waals surface area contributed by atoms with Crippen LogP contribution in [0.25, 0.3) is 11.4 Å². The van der Waals surface area contributed by atoms with Crippen LogP contribution in [0.4, 0.5) is 0 Å². The maximum atomic E-state index is 10.2. The fourth-order valence-electron chi connectivity index (χ4n) is 4.41. The molecule has 166 valence electrons. The summed E-state index contributed by atoms with van der Waals surface area (Å²) in [6.07, 6.45) is 4.06. The van der Waals surface area contributed by atoms with Gasteiger partial charge in [0.25, 0.3) is 5.62 Å². The Kier molecular flexibility index (Phi) is 6.78. The lowest BCUT2D eigenvalue weighted by atomic mass is 9.92. The molecule has 0 fully saturated rings. The van der Waals surface area contributed by atoms with E-state index in [0.717, 1.165) is 11.4 Å². The van der Waals surface area contributed by atoms with Gasteiger partial charge in [0.1, 0.15) is 0 Å². The first-order chi connectivity index (χ1) is 14.7. The molecule has 0 spiro atoms. The van der Waals surface area contributed by atoms with E-state index in [0.29, 0.717) is 29.3 Å². The molecule has 0 amide bonds. The summed E-state index contributed by atoms with van der Waals surface area (Å²) in [5.74, 6) is 1.41. The van der Waals surface area contributed by atoms with Crippen molar-refractivity contribution in [1.82, 2.24) is 9.13 Å². The van der Waals surface area contributed by atoms with Crippen molar-refractivity contribution >= 4 is 0 Å². The molecule has 1 N–H and O–H groups in total. The van der Waals surface area contributed by atoms with Crippen LogP contribution in [0.3, 0.4) is 0 Å². The van der Waals surface area contributed by atoms with Gasteiger partial charge in [-0.05, 0) is 51.1 Å². The minimum Gasteiger partial charge on any atom is -0.408 e. The van der Waals surface area contributed by atoms with E-state index in [1.807, 2.05) is 21.5 Å². The third-order valence-corrected chi connectivity index (χ3v) is 6.05. The van der Waals surface area contributed by atoms with Crippen LogP contribution in [-0.4, -0.2) is 14.3 Å². The predicted octanol–water partition coefficient (Wildman–Crippen LogP) is 7.05. The Bertz CT molecular complexity index is 977. The molecule has 0 atom stereocenters. The second-order valence-electron chi connectivity index (χ2n) is 9.63. The molecule has 0 aliphatic carbocycles. The number of para-hydroxylation sites is 2. The van der Waals surface area contributed by atoms with E-state index in [1.54, 1.807) is 0 Å². The lowest BCUT2D eigenvalue weighted by molar-refractivity contribution is 0.291. The second-order valence-corrected chi connectivity index (χ2v) is 9.63. The Labute approximate surface area is 186 Å². The molecular formula is C27H37N3O. The van der Waals surface area contributed by atoms with Crippen LogP contribution in [0.1, 0.15) is 101 Å². The Morgan fingerprint density at radius 2 is 0.871 bits per heavy atom.